The van der Waals surface area contributed by atoms with Crippen LogP contribution in [-0.2, 0) is 14.3 Å². The van der Waals surface area contributed by atoms with Crippen molar-refractivity contribution in [3.63, 3.8) is 0 Å². The Morgan fingerprint density at radius 3 is 2.53 bits per heavy atom. The Labute approximate surface area is 230 Å². The molecule has 0 aromatic carbocycles. The number of esters is 1. The van der Waals surface area contributed by atoms with Gasteiger partial charge in [0.1, 0.15) is 12.1 Å². The van der Waals surface area contributed by atoms with Crippen LogP contribution in [-0.4, -0.2) is 40.4 Å². The molecule has 0 saturated heterocycles. The molecule has 0 radical (unpaired) electrons. The zero-order chi connectivity index (χ0) is 27.8. The third-order valence-electron chi connectivity index (χ3n) is 11.6. The van der Waals surface area contributed by atoms with E-state index in [0.29, 0.717) is 36.0 Å². The van der Waals surface area contributed by atoms with E-state index in [2.05, 4.69) is 40.7 Å². The predicted octanol–water partition coefficient (Wildman–Crippen LogP) is 6.10. The van der Waals surface area contributed by atoms with Crippen LogP contribution in [0.15, 0.2) is 11.6 Å². The maximum Gasteiger partial charge on any atom is 0.320 e. The lowest BCUT2D eigenvalue weighted by Gasteiger charge is -2.60. The number of allylic oxidation sites excluding steroid dienone is 1. The molecule has 0 aromatic heterocycles. The van der Waals surface area contributed by atoms with Crippen LogP contribution in [0.5, 0.6) is 0 Å². The summed E-state index contributed by atoms with van der Waals surface area (Å²) in [5.74, 6) is 2.56. The van der Waals surface area contributed by atoms with Crippen LogP contribution < -0.4 is 5.73 Å². The summed E-state index contributed by atoms with van der Waals surface area (Å²) in [5, 5.41) is 19.8. The molecule has 0 aromatic rings. The summed E-state index contributed by atoms with van der Waals surface area (Å²) >= 11 is 0. The summed E-state index contributed by atoms with van der Waals surface area (Å²) in [7, 11) is 0. The second-order valence-electron chi connectivity index (χ2n) is 14.2. The molecule has 0 amide bonds. The molecule has 216 valence electrons. The third-order valence-corrected chi connectivity index (χ3v) is 11.6. The number of aliphatic hydroxyl groups is 1. The average Bonchev–Trinajstić information content (AvgIpc) is 3.20. The zero-order valence-corrected chi connectivity index (χ0v) is 24.5. The van der Waals surface area contributed by atoms with Crippen LogP contribution in [0.4, 0.5) is 0 Å². The summed E-state index contributed by atoms with van der Waals surface area (Å²) in [5.41, 5.74) is 6.99. The van der Waals surface area contributed by atoms with Crippen molar-refractivity contribution >= 4 is 11.9 Å². The van der Waals surface area contributed by atoms with Crippen molar-refractivity contribution in [2.45, 2.75) is 130 Å². The highest BCUT2D eigenvalue weighted by molar-refractivity contribution is 5.75. The van der Waals surface area contributed by atoms with Gasteiger partial charge in [0, 0.05) is 18.3 Å². The van der Waals surface area contributed by atoms with Gasteiger partial charge < -0.3 is 20.7 Å². The molecule has 0 aliphatic heterocycles. The van der Waals surface area contributed by atoms with Crippen molar-refractivity contribution in [2.24, 2.45) is 52.1 Å². The van der Waals surface area contributed by atoms with Gasteiger partial charge in [0.25, 0.3) is 0 Å². The molecule has 4 N–H and O–H groups in total. The van der Waals surface area contributed by atoms with Gasteiger partial charge in [-0.2, -0.15) is 0 Å². The molecular formula is C32H53NO5. The first-order valence-corrected chi connectivity index (χ1v) is 15.4. The fourth-order valence-corrected chi connectivity index (χ4v) is 9.48. The second-order valence-corrected chi connectivity index (χ2v) is 14.2. The fourth-order valence-electron chi connectivity index (χ4n) is 9.48. The van der Waals surface area contributed by atoms with E-state index in [4.69, 9.17) is 15.6 Å². The van der Waals surface area contributed by atoms with Crippen molar-refractivity contribution in [2.75, 3.05) is 0 Å². The number of hydrogen-bond donors (Lipinski definition) is 3. The summed E-state index contributed by atoms with van der Waals surface area (Å²) in [6, 6.07) is -1.07. The number of rotatable bonds is 10. The zero-order valence-electron chi connectivity index (χ0n) is 24.5. The average molecular weight is 532 g/mol. The standard InChI is InChI=1S/C32H53NO5/c1-19(2)7-6-8-20(3)24-11-12-25-23-10-9-21-17-22(34)18-28(38-29(35)14-13-27(33)30(36)37)32(21,5)26(23)15-16-31(24,25)4/h9,19-20,22-28,34H,6-8,10-18,33H2,1-5H3,(H,36,37)/t20-,22-,23+,24-,25+,26+,27+,28?,31-,32+/m1/s1. The smallest absolute Gasteiger partial charge is 0.320 e. The Morgan fingerprint density at radius 2 is 1.84 bits per heavy atom. The Morgan fingerprint density at radius 1 is 1.11 bits per heavy atom. The molecule has 3 saturated carbocycles. The molecule has 4 aliphatic rings. The molecule has 3 fully saturated rings. The Bertz CT molecular complexity index is 900. The van der Waals surface area contributed by atoms with E-state index in [9.17, 15) is 14.7 Å². The van der Waals surface area contributed by atoms with Crippen LogP contribution in [0.3, 0.4) is 0 Å². The quantitative estimate of drug-likeness (QED) is 0.232. The second kappa shape index (κ2) is 11.6. The Hall–Kier alpha value is -1.40. The number of carboxylic acids is 1. The number of aliphatic hydroxyl groups excluding tert-OH is 1. The van der Waals surface area contributed by atoms with Crippen molar-refractivity contribution < 1.29 is 24.5 Å². The number of carbonyl (C=O) groups excluding carboxylic acids is 1. The summed E-state index contributed by atoms with van der Waals surface area (Å²) < 4.78 is 6.08. The largest absolute Gasteiger partial charge is 0.480 e. The predicted molar refractivity (Wildman–Crippen MR) is 149 cm³/mol. The molecule has 0 heterocycles. The van der Waals surface area contributed by atoms with Crippen LogP contribution in [0.1, 0.15) is 112 Å². The van der Waals surface area contributed by atoms with E-state index in [1.54, 1.807) is 0 Å². The minimum atomic E-state index is -1.10. The van der Waals surface area contributed by atoms with Crippen molar-refractivity contribution in [3.8, 4) is 0 Å². The molecule has 0 spiro atoms. The fraction of sp³-hybridized carbons (Fsp3) is 0.875. The van der Waals surface area contributed by atoms with Crippen LogP contribution >= 0.6 is 0 Å². The molecule has 1 unspecified atom stereocenters. The minimum absolute atomic E-state index is 0.0135. The number of hydrogen-bond acceptors (Lipinski definition) is 5. The number of ether oxygens (including phenoxy) is 1. The maximum absolute atomic E-state index is 12.8. The summed E-state index contributed by atoms with van der Waals surface area (Å²) in [6.45, 7) is 12.0. The highest BCUT2D eigenvalue weighted by atomic mass is 16.5. The molecule has 6 heteroatoms. The Kier molecular flexibility index (Phi) is 9.03. The number of carbonyl (C=O) groups is 2. The van der Waals surface area contributed by atoms with Crippen molar-refractivity contribution in [1.82, 2.24) is 0 Å². The number of aliphatic carboxylic acids is 1. The minimum Gasteiger partial charge on any atom is -0.480 e. The summed E-state index contributed by atoms with van der Waals surface area (Å²) in [4.78, 5) is 23.9. The normalized spacial score (nSPS) is 39.9. The lowest BCUT2D eigenvalue weighted by Crippen LogP contribution is -2.56. The molecule has 10 atom stereocenters. The number of fused-ring (bicyclic) bond motifs is 5. The van der Waals surface area contributed by atoms with Crippen molar-refractivity contribution in [3.05, 3.63) is 11.6 Å². The first-order chi connectivity index (χ1) is 17.9. The molecule has 38 heavy (non-hydrogen) atoms. The van der Waals surface area contributed by atoms with Gasteiger partial charge in [-0.15, -0.1) is 0 Å². The van der Waals surface area contributed by atoms with Gasteiger partial charge in [0.05, 0.1) is 6.10 Å². The van der Waals surface area contributed by atoms with Gasteiger partial charge in [-0.1, -0.05) is 65.5 Å². The Balaban J connectivity index is 1.50. The van der Waals surface area contributed by atoms with Crippen LogP contribution in [0, 0.1) is 46.3 Å². The topological polar surface area (TPSA) is 110 Å². The summed E-state index contributed by atoms with van der Waals surface area (Å²) in [6.07, 6.45) is 12.7. The molecular weight excluding hydrogens is 478 g/mol. The molecule has 0 bridgehead atoms. The van der Waals surface area contributed by atoms with E-state index < -0.39 is 24.1 Å². The first kappa shape index (κ1) is 29.6. The van der Waals surface area contributed by atoms with E-state index in [-0.39, 0.29) is 24.4 Å². The van der Waals surface area contributed by atoms with Crippen molar-refractivity contribution in [1.29, 1.82) is 0 Å². The first-order valence-electron chi connectivity index (χ1n) is 15.4. The lowest BCUT2D eigenvalue weighted by atomic mass is 9.46. The van der Waals surface area contributed by atoms with Gasteiger partial charge in [-0.05, 0) is 85.9 Å². The van der Waals surface area contributed by atoms with Gasteiger partial charge in [0.2, 0.25) is 0 Å². The number of nitrogens with two attached hydrogens (primary N) is 1. The molecule has 4 rings (SSSR count). The van der Waals surface area contributed by atoms with E-state index in [1.165, 1.54) is 44.1 Å². The lowest BCUT2D eigenvalue weighted by molar-refractivity contribution is -0.169. The monoisotopic (exact) mass is 531 g/mol. The van der Waals surface area contributed by atoms with E-state index >= 15 is 0 Å². The number of carboxylic acid groups (broad SMARTS) is 1. The highest BCUT2D eigenvalue weighted by Gasteiger charge is 2.61. The van der Waals surface area contributed by atoms with Gasteiger partial charge >= 0.3 is 11.9 Å². The van der Waals surface area contributed by atoms with Crippen LogP contribution in [0.25, 0.3) is 0 Å². The highest BCUT2D eigenvalue weighted by Crippen LogP contribution is 2.67. The van der Waals surface area contributed by atoms with Gasteiger partial charge in [-0.3, -0.25) is 9.59 Å². The van der Waals surface area contributed by atoms with E-state index in [1.807, 2.05) is 0 Å². The SMILES string of the molecule is CC(C)CCC[C@@H](C)[C@H]1CC[C@H]2[C@@H]3CC=C4C[C@@H](O)CC(OC(=O)CC[C@H](N)C(=O)O)[C@]4(C)[C@H]3CC[C@]12C. The van der Waals surface area contributed by atoms with Gasteiger partial charge in [0.15, 0.2) is 0 Å². The van der Waals surface area contributed by atoms with Crippen LogP contribution in [0.2, 0.25) is 0 Å². The van der Waals surface area contributed by atoms with E-state index in [0.717, 1.165) is 30.6 Å². The maximum atomic E-state index is 12.8. The molecule has 6 nitrogen and oxygen atoms in total. The third kappa shape index (κ3) is 5.59. The van der Waals surface area contributed by atoms with Gasteiger partial charge in [-0.25, -0.2) is 0 Å². The molecule has 4 aliphatic carbocycles.